The van der Waals surface area contributed by atoms with Gasteiger partial charge in [-0.3, -0.25) is 10.2 Å². The van der Waals surface area contributed by atoms with Crippen molar-refractivity contribution in [3.8, 4) is 23.6 Å². The van der Waals surface area contributed by atoms with Gasteiger partial charge in [0, 0.05) is 30.4 Å². The van der Waals surface area contributed by atoms with Gasteiger partial charge in [0.05, 0.1) is 24.0 Å². The van der Waals surface area contributed by atoms with Crippen molar-refractivity contribution >= 4 is 29.3 Å². The molecule has 0 saturated carbocycles. The number of rotatable bonds is 5. The average Bonchev–Trinajstić information content (AvgIpc) is 3.64. The number of pyridine rings is 1. The van der Waals surface area contributed by atoms with E-state index in [0.29, 0.717) is 29.4 Å². The molecule has 10 nitrogen and oxygen atoms in total. The van der Waals surface area contributed by atoms with E-state index in [1.807, 2.05) is 6.07 Å². The molecule has 1 fully saturated rings. The Bertz CT molecular complexity index is 1480. The van der Waals surface area contributed by atoms with Gasteiger partial charge in [0.15, 0.2) is 5.82 Å². The normalized spacial score (nSPS) is 18.5. The van der Waals surface area contributed by atoms with Crippen molar-refractivity contribution in [2.75, 3.05) is 40.1 Å². The zero-order valence-electron chi connectivity index (χ0n) is 19.8. The van der Waals surface area contributed by atoms with Crippen LogP contribution in [0.3, 0.4) is 0 Å². The molecular formula is C25H20F3N9O. The summed E-state index contributed by atoms with van der Waals surface area (Å²) >= 11 is 0. The molecule has 192 valence electrons. The molecule has 2 amide bonds. The maximum Gasteiger partial charge on any atom is 0.442 e. The van der Waals surface area contributed by atoms with E-state index in [1.165, 1.54) is 18.3 Å². The van der Waals surface area contributed by atoms with Gasteiger partial charge in [0.1, 0.15) is 5.82 Å². The summed E-state index contributed by atoms with van der Waals surface area (Å²) < 4.78 is 40.1. The molecule has 2 N–H and O–H groups in total. The van der Waals surface area contributed by atoms with Crippen LogP contribution >= 0.6 is 0 Å². The van der Waals surface area contributed by atoms with Crippen molar-refractivity contribution in [3.05, 3.63) is 54.2 Å². The summed E-state index contributed by atoms with van der Waals surface area (Å²) in [5.41, 5.74) is -0.613. The molecule has 13 heteroatoms. The highest BCUT2D eigenvalue weighted by molar-refractivity contribution is 6.04. The first-order valence-electron chi connectivity index (χ1n) is 11.8. The molecule has 0 unspecified atom stereocenters. The number of aromatic nitrogens is 3. The maximum absolute atomic E-state index is 13.5. The van der Waals surface area contributed by atoms with Crippen LogP contribution in [0, 0.1) is 12.3 Å². The van der Waals surface area contributed by atoms with E-state index in [9.17, 15) is 18.0 Å². The van der Waals surface area contributed by atoms with Crippen LogP contribution in [0.1, 0.15) is 12.0 Å². The molecule has 5 heterocycles. The fourth-order valence-corrected chi connectivity index (χ4v) is 4.76. The summed E-state index contributed by atoms with van der Waals surface area (Å²) in [5.74, 6) is 3.49. The molecular weight excluding hydrogens is 499 g/mol. The highest BCUT2D eigenvalue weighted by atomic mass is 19.4. The summed E-state index contributed by atoms with van der Waals surface area (Å²) in [4.78, 5) is 30.4. The van der Waals surface area contributed by atoms with Crippen LogP contribution in [-0.4, -0.2) is 52.8 Å². The van der Waals surface area contributed by atoms with Gasteiger partial charge in [-0.05, 0) is 24.6 Å². The molecule has 2 bridgehead atoms. The van der Waals surface area contributed by atoms with Gasteiger partial charge in [-0.2, -0.15) is 18.2 Å². The van der Waals surface area contributed by atoms with Crippen LogP contribution in [0.5, 0.6) is 0 Å². The lowest BCUT2D eigenvalue weighted by molar-refractivity contribution is -0.166. The molecule has 1 atom stereocenters. The number of halogens is 3. The fourth-order valence-electron chi connectivity index (χ4n) is 4.76. The second-order valence-corrected chi connectivity index (χ2v) is 9.00. The maximum atomic E-state index is 13.5. The number of alkyl halides is 3. The Morgan fingerprint density at radius 3 is 2.63 bits per heavy atom. The van der Waals surface area contributed by atoms with Crippen molar-refractivity contribution in [2.24, 2.45) is 10.2 Å². The van der Waals surface area contributed by atoms with E-state index < -0.39 is 17.9 Å². The smallest absolute Gasteiger partial charge is 0.366 e. The van der Waals surface area contributed by atoms with Gasteiger partial charge < -0.3 is 10.2 Å². The Hall–Kier alpha value is -4.73. The van der Waals surface area contributed by atoms with Crippen molar-refractivity contribution in [1.82, 2.24) is 15.0 Å². The third-order valence-electron chi connectivity index (χ3n) is 6.69. The Labute approximate surface area is 215 Å². The molecule has 3 aliphatic rings. The number of benzene rings is 1. The lowest BCUT2D eigenvalue weighted by Gasteiger charge is -2.35. The summed E-state index contributed by atoms with van der Waals surface area (Å²) in [6.45, 7) is 1.68. The van der Waals surface area contributed by atoms with E-state index in [0.717, 1.165) is 18.7 Å². The van der Waals surface area contributed by atoms with Crippen LogP contribution in [0.25, 0.3) is 11.3 Å². The van der Waals surface area contributed by atoms with E-state index in [-0.39, 0.29) is 24.1 Å². The number of anilines is 4. The number of fused-ring (bicyclic) bond motifs is 4. The standard InChI is InChI=1S/C25H20F3N9O/c1-2-11-29-22-30-12-9-20(32-22)33-23(38)37-17-10-13-36(14-17)19-8-7-18(31-21(19)37)15-3-5-16(6-4-15)24(34-35-24)25(26,27)28/h1,3-9,12,17H,10-11,13-14H2,(H2,29,30,32,33,38)/t17-/m0/s1. The number of hydrogen-bond donors (Lipinski definition) is 2. The Balaban J connectivity index is 1.29. The van der Waals surface area contributed by atoms with E-state index >= 15 is 0 Å². The molecule has 2 aromatic heterocycles. The van der Waals surface area contributed by atoms with Crippen molar-refractivity contribution in [2.45, 2.75) is 24.3 Å². The molecule has 0 spiro atoms. The predicted octanol–water partition coefficient (Wildman–Crippen LogP) is 4.40. The zero-order chi connectivity index (χ0) is 26.5. The van der Waals surface area contributed by atoms with E-state index in [4.69, 9.17) is 11.4 Å². The van der Waals surface area contributed by atoms with Crippen molar-refractivity contribution < 1.29 is 18.0 Å². The largest absolute Gasteiger partial charge is 0.442 e. The first-order valence-corrected chi connectivity index (χ1v) is 11.8. The number of nitrogens with zero attached hydrogens (tertiary/aromatic N) is 7. The Morgan fingerprint density at radius 2 is 1.92 bits per heavy atom. The minimum absolute atomic E-state index is 0.0576. The van der Waals surface area contributed by atoms with E-state index in [2.05, 4.69) is 41.7 Å². The molecule has 0 aliphatic carbocycles. The number of amides is 2. The van der Waals surface area contributed by atoms with Crippen LogP contribution in [0.2, 0.25) is 0 Å². The first-order chi connectivity index (χ1) is 18.3. The van der Waals surface area contributed by atoms with Crippen LogP contribution in [-0.2, 0) is 5.66 Å². The molecule has 0 radical (unpaired) electrons. The quantitative estimate of drug-likeness (QED) is 0.484. The second-order valence-electron chi connectivity index (χ2n) is 9.00. The molecule has 3 aliphatic heterocycles. The zero-order valence-corrected chi connectivity index (χ0v) is 19.8. The monoisotopic (exact) mass is 519 g/mol. The van der Waals surface area contributed by atoms with Gasteiger partial charge in [0.25, 0.3) is 0 Å². The van der Waals surface area contributed by atoms with Gasteiger partial charge >= 0.3 is 17.9 Å². The molecule has 1 saturated heterocycles. The minimum Gasteiger partial charge on any atom is -0.366 e. The average molecular weight is 519 g/mol. The summed E-state index contributed by atoms with van der Waals surface area (Å²) in [7, 11) is 0. The molecule has 38 heavy (non-hydrogen) atoms. The summed E-state index contributed by atoms with van der Waals surface area (Å²) in [6.07, 6.45) is 2.94. The fraction of sp³-hybridized carbons (Fsp3) is 0.280. The lowest BCUT2D eigenvalue weighted by Crippen LogP contribution is -2.48. The van der Waals surface area contributed by atoms with Crippen molar-refractivity contribution in [1.29, 1.82) is 0 Å². The minimum atomic E-state index is -4.60. The number of hydrogen-bond acceptors (Lipinski definition) is 8. The number of carbonyl (C=O) groups is 1. The van der Waals surface area contributed by atoms with Crippen LogP contribution < -0.4 is 20.4 Å². The van der Waals surface area contributed by atoms with Gasteiger partial charge in [0.2, 0.25) is 5.95 Å². The number of nitrogens with one attached hydrogen (secondary N) is 2. The first kappa shape index (κ1) is 23.7. The third-order valence-corrected chi connectivity index (χ3v) is 6.69. The highest BCUT2D eigenvalue weighted by Crippen LogP contribution is 2.52. The Kier molecular flexibility index (Phi) is 5.41. The van der Waals surface area contributed by atoms with Gasteiger partial charge in [-0.25, -0.2) is 14.8 Å². The Morgan fingerprint density at radius 1 is 1.13 bits per heavy atom. The predicted molar refractivity (Wildman–Crippen MR) is 134 cm³/mol. The lowest BCUT2D eigenvalue weighted by atomic mass is 10.00. The SMILES string of the molecule is C#CCNc1nccc(NC(=O)N2c3nc(-c4ccc(C5(C(F)(F)F)N=N5)cc4)ccc3N3CC[C@H]2C3)n1. The number of carbonyl (C=O) groups excluding carboxylic acids is 1. The molecule has 1 aromatic carbocycles. The summed E-state index contributed by atoms with van der Waals surface area (Å²) in [6, 6.07) is 10.5. The van der Waals surface area contributed by atoms with Crippen LogP contribution in [0.15, 0.2) is 58.9 Å². The topological polar surface area (TPSA) is 111 Å². The number of terminal acetylenes is 1. The second kappa shape index (κ2) is 8.69. The third kappa shape index (κ3) is 3.94. The van der Waals surface area contributed by atoms with Gasteiger partial charge in [-0.1, -0.05) is 30.2 Å². The van der Waals surface area contributed by atoms with E-state index in [1.54, 1.807) is 29.2 Å². The van der Waals surface area contributed by atoms with Gasteiger partial charge in [-0.15, -0.1) is 16.7 Å². The summed E-state index contributed by atoms with van der Waals surface area (Å²) in [5, 5.41) is 12.2. The molecule has 3 aromatic rings. The number of urea groups is 1. The molecule has 6 rings (SSSR count). The van der Waals surface area contributed by atoms with Crippen molar-refractivity contribution in [3.63, 3.8) is 0 Å². The van der Waals surface area contributed by atoms with Crippen LogP contribution in [0.4, 0.5) is 41.2 Å². The highest BCUT2D eigenvalue weighted by Gasteiger charge is 2.65.